The molecule has 2 atom stereocenters. The van der Waals surface area contributed by atoms with Crippen LogP contribution in [0, 0.1) is 0 Å². The summed E-state index contributed by atoms with van der Waals surface area (Å²) in [5, 5.41) is 20.2. The lowest BCUT2D eigenvalue weighted by atomic mass is 10.2. The molecule has 94 valence electrons. The molecule has 0 aliphatic rings. The van der Waals surface area contributed by atoms with E-state index in [1.165, 1.54) is 28.3 Å². The summed E-state index contributed by atoms with van der Waals surface area (Å²) in [4.78, 5) is 31.6. The Morgan fingerprint density at radius 1 is 0.938 bits per heavy atom. The molecule has 16 heavy (non-hydrogen) atoms. The Bertz CT molecular complexity index is 233. The van der Waals surface area contributed by atoms with Gasteiger partial charge in [0.05, 0.1) is 14.2 Å². The Morgan fingerprint density at radius 3 is 1.38 bits per heavy atom. The number of likely N-dealkylation sites (N-methyl/N-ethyl adjacent to an activating group) is 2. The maximum Gasteiger partial charge on any atom is 0.277 e. The molecule has 0 aromatic heterocycles. The van der Waals surface area contributed by atoms with Crippen LogP contribution in [-0.4, -0.2) is 72.7 Å². The van der Waals surface area contributed by atoms with Crippen LogP contribution in [0.4, 0.5) is 0 Å². The zero-order valence-electron chi connectivity index (χ0n) is 9.58. The van der Waals surface area contributed by atoms with E-state index >= 15 is 0 Å². The molecule has 0 unspecified atom stereocenters. The molecule has 0 radical (unpaired) electrons. The largest absolute Gasteiger partial charge is 0.380 e. The van der Waals surface area contributed by atoms with Crippen molar-refractivity contribution in [2.45, 2.75) is 12.2 Å². The Hall–Kier alpha value is -1.22. The summed E-state index contributed by atoms with van der Waals surface area (Å²) < 4.78 is 0. The van der Waals surface area contributed by atoms with Crippen molar-refractivity contribution in [1.29, 1.82) is 0 Å². The second kappa shape index (κ2) is 6.38. The van der Waals surface area contributed by atoms with E-state index in [1.54, 1.807) is 0 Å². The van der Waals surface area contributed by atoms with Gasteiger partial charge in [-0.1, -0.05) is 0 Å². The van der Waals surface area contributed by atoms with Gasteiger partial charge in [0, 0.05) is 14.1 Å². The van der Waals surface area contributed by atoms with Crippen LogP contribution in [0.3, 0.4) is 0 Å². The van der Waals surface area contributed by atoms with Gasteiger partial charge in [-0.05, 0) is 0 Å². The van der Waals surface area contributed by atoms with Gasteiger partial charge in [-0.25, -0.2) is 10.1 Å². The van der Waals surface area contributed by atoms with Crippen molar-refractivity contribution in [3.05, 3.63) is 0 Å². The van der Waals surface area contributed by atoms with Gasteiger partial charge in [-0.3, -0.25) is 19.3 Å². The van der Waals surface area contributed by atoms with E-state index in [0.717, 1.165) is 0 Å². The fourth-order valence-electron chi connectivity index (χ4n) is 0.823. The summed E-state index contributed by atoms with van der Waals surface area (Å²) >= 11 is 0. The fourth-order valence-corrected chi connectivity index (χ4v) is 0.823. The van der Waals surface area contributed by atoms with Crippen molar-refractivity contribution < 1.29 is 29.5 Å². The van der Waals surface area contributed by atoms with E-state index in [9.17, 15) is 19.8 Å². The third-order valence-corrected chi connectivity index (χ3v) is 1.97. The van der Waals surface area contributed by atoms with Gasteiger partial charge in [-0.15, -0.1) is 0 Å². The molecule has 8 nitrogen and oxygen atoms in total. The van der Waals surface area contributed by atoms with Crippen LogP contribution in [0.5, 0.6) is 0 Å². The Balaban J connectivity index is 4.55. The summed E-state index contributed by atoms with van der Waals surface area (Å²) in [6, 6.07) is 0. The minimum atomic E-state index is -1.91. The molecule has 2 N–H and O–H groups in total. The number of carbonyl (C=O) groups is 2. The van der Waals surface area contributed by atoms with E-state index in [2.05, 4.69) is 9.68 Å². The smallest absolute Gasteiger partial charge is 0.277 e. The second-order valence-corrected chi connectivity index (χ2v) is 2.93. The van der Waals surface area contributed by atoms with Crippen LogP contribution in [0.25, 0.3) is 0 Å². The van der Waals surface area contributed by atoms with Gasteiger partial charge in [0.25, 0.3) is 11.8 Å². The van der Waals surface area contributed by atoms with Gasteiger partial charge in [0.15, 0.2) is 12.2 Å². The quantitative estimate of drug-likeness (QED) is 0.523. The lowest BCUT2D eigenvalue weighted by Crippen LogP contribution is -2.49. The van der Waals surface area contributed by atoms with Crippen LogP contribution in [0.15, 0.2) is 0 Å². The maximum atomic E-state index is 11.3. The first kappa shape index (κ1) is 14.8. The highest BCUT2D eigenvalue weighted by Crippen LogP contribution is 2.02. The van der Waals surface area contributed by atoms with Crippen molar-refractivity contribution in [1.82, 2.24) is 10.1 Å². The molecule has 0 bridgehead atoms. The number of carbonyl (C=O) groups excluding carboxylic acids is 2. The minimum absolute atomic E-state index is 0.702. The highest BCUT2D eigenvalue weighted by molar-refractivity contribution is 5.89. The number of rotatable bonds is 5. The first-order valence-corrected chi connectivity index (χ1v) is 4.36. The highest BCUT2D eigenvalue weighted by atomic mass is 16.7. The van der Waals surface area contributed by atoms with Crippen LogP contribution >= 0.6 is 0 Å². The average Bonchev–Trinajstić information content (AvgIpc) is 2.32. The van der Waals surface area contributed by atoms with Gasteiger partial charge in [0.1, 0.15) is 0 Å². The van der Waals surface area contributed by atoms with Gasteiger partial charge >= 0.3 is 0 Å². The Morgan fingerprint density at radius 2 is 1.19 bits per heavy atom. The standard InChI is InChI=1S/C8H16N2O6/c1-9(15-3)7(13)5(11)6(12)8(14)10(2)16-4/h5-6,11-12H,1-4H3/t5-,6-/m0/s1. The molecule has 0 aromatic rings. The molecule has 8 heteroatoms. The average molecular weight is 236 g/mol. The number of hydrogen-bond donors (Lipinski definition) is 2. The number of nitrogens with zero attached hydrogens (tertiary/aromatic N) is 2. The van der Waals surface area contributed by atoms with Crippen molar-refractivity contribution in [2.75, 3.05) is 28.3 Å². The van der Waals surface area contributed by atoms with Crippen molar-refractivity contribution in [2.24, 2.45) is 0 Å². The van der Waals surface area contributed by atoms with E-state index in [-0.39, 0.29) is 0 Å². The van der Waals surface area contributed by atoms with E-state index in [4.69, 9.17) is 0 Å². The Labute approximate surface area is 92.9 Å². The van der Waals surface area contributed by atoms with Gasteiger partial charge in [0.2, 0.25) is 0 Å². The summed E-state index contributed by atoms with van der Waals surface area (Å²) in [7, 11) is 4.89. The summed E-state index contributed by atoms with van der Waals surface area (Å²) in [6.45, 7) is 0. The third kappa shape index (κ3) is 3.42. The van der Waals surface area contributed by atoms with E-state index in [1.807, 2.05) is 0 Å². The SMILES string of the molecule is CON(C)C(=O)[C@@H](O)[C@H](O)C(=O)N(C)OC. The van der Waals surface area contributed by atoms with Crippen molar-refractivity contribution in [3.63, 3.8) is 0 Å². The molecule has 0 aromatic carbocycles. The lowest BCUT2D eigenvalue weighted by molar-refractivity contribution is -0.195. The van der Waals surface area contributed by atoms with Crippen molar-refractivity contribution in [3.8, 4) is 0 Å². The zero-order chi connectivity index (χ0) is 12.9. The van der Waals surface area contributed by atoms with E-state index in [0.29, 0.717) is 10.1 Å². The number of aliphatic hydroxyl groups is 2. The van der Waals surface area contributed by atoms with Crippen LogP contribution in [-0.2, 0) is 19.3 Å². The summed E-state index contributed by atoms with van der Waals surface area (Å²) in [5.41, 5.74) is 0. The topological polar surface area (TPSA) is 99.5 Å². The van der Waals surface area contributed by atoms with E-state index < -0.39 is 24.0 Å². The highest BCUT2D eigenvalue weighted by Gasteiger charge is 2.34. The van der Waals surface area contributed by atoms with Crippen LogP contribution in [0.1, 0.15) is 0 Å². The summed E-state index contributed by atoms with van der Waals surface area (Å²) in [5.74, 6) is -1.87. The molecule has 0 aliphatic carbocycles. The predicted octanol–water partition coefficient (Wildman–Crippen LogP) is -2.25. The first-order chi connectivity index (χ1) is 7.36. The predicted molar refractivity (Wildman–Crippen MR) is 51.6 cm³/mol. The first-order valence-electron chi connectivity index (χ1n) is 4.36. The maximum absolute atomic E-state index is 11.3. The molecule has 2 amide bonds. The molecular formula is C8H16N2O6. The molecule has 0 saturated carbocycles. The van der Waals surface area contributed by atoms with Gasteiger partial charge < -0.3 is 10.2 Å². The van der Waals surface area contributed by atoms with Crippen molar-refractivity contribution >= 4 is 11.8 Å². The minimum Gasteiger partial charge on any atom is -0.380 e. The lowest BCUT2D eigenvalue weighted by Gasteiger charge is -2.23. The molecule has 0 aliphatic heterocycles. The monoisotopic (exact) mass is 236 g/mol. The third-order valence-electron chi connectivity index (χ3n) is 1.97. The molecule has 0 saturated heterocycles. The molecule has 0 heterocycles. The van der Waals surface area contributed by atoms with Gasteiger partial charge in [-0.2, -0.15) is 0 Å². The Kier molecular flexibility index (Phi) is 5.89. The van der Waals surface area contributed by atoms with Crippen LogP contribution < -0.4 is 0 Å². The molecule has 0 spiro atoms. The zero-order valence-corrected chi connectivity index (χ0v) is 9.58. The second-order valence-electron chi connectivity index (χ2n) is 2.93. The number of amides is 2. The number of hydroxylamine groups is 4. The normalized spacial score (nSPS) is 14.1. The molecule has 0 rings (SSSR count). The molecule has 0 fully saturated rings. The summed E-state index contributed by atoms with van der Waals surface area (Å²) in [6.07, 6.45) is -3.81. The fraction of sp³-hybridized carbons (Fsp3) is 0.750. The number of aliphatic hydroxyl groups excluding tert-OH is 2. The number of hydrogen-bond acceptors (Lipinski definition) is 6. The molecular weight excluding hydrogens is 220 g/mol. The van der Waals surface area contributed by atoms with Crippen LogP contribution in [0.2, 0.25) is 0 Å².